The van der Waals surface area contributed by atoms with E-state index in [1.807, 2.05) is 19.1 Å². The molecule has 1 aromatic carbocycles. The van der Waals surface area contributed by atoms with Gasteiger partial charge in [0.05, 0.1) is 30.2 Å². The molecule has 0 saturated carbocycles. The summed E-state index contributed by atoms with van der Waals surface area (Å²) >= 11 is 6.01. The van der Waals surface area contributed by atoms with Crippen molar-refractivity contribution in [1.29, 1.82) is 0 Å². The Bertz CT molecular complexity index is 511. The van der Waals surface area contributed by atoms with Gasteiger partial charge in [-0.05, 0) is 19.1 Å². The fourth-order valence-corrected chi connectivity index (χ4v) is 2.49. The Labute approximate surface area is 130 Å². The number of likely N-dealkylation sites (N-methyl/N-ethyl adjacent to an activating group) is 1. The van der Waals surface area contributed by atoms with Gasteiger partial charge in [0.25, 0.3) is 0 Å². The van der Waals surface area contributed by atoms with Crippen LogP contribution in [0.15, 0.2) is 24.3 Å². The maximum atomic E-state index is 12.5. The van der Waals surface area contributed by atoms with Crippen LogP contribution >= 0.6 is 11.6 Å². The van der Waals surface area contributed by atoms with Crippen LogP contribution in [0.2, 0.25) is 5.02 Å². The van der Waals surface area contributed by atoms with Gasteiger partial charge in [0, 0.05) is 13.1 Å². The average molecular weight is 313 g/mol. The van der Waals surface area contributed by atoms with E-state index < -0.39 is 5.41 Å². The number of carbonyl (C=O) groups excluding carboxylic acids is 1. The zero-order chi connectivity index (χ0) is 15.5. The summed E-state index contributed by atoms with van der Waals surface area (Å²) in [6, 6.07) is 6.99. The second-order valence-electron chi connectivity index (χ2n) is 5.54. The topological polar surface area (TPSA) is 64.8 Å². The summed E-state index contributed by atoms with van der Waals surface area (Å²) in [5.41, 5.74) is 5.32. The van der Waals surface area contributed by atoms with Gasteiger partial charge in [-0.15, -0.1) is 0 Å². The summed E-state index contributed by atoms with van der Waals surface area (Å²) < 4.78 is 10.9. The van der Waals surface area contributed by atoms with Crippen molar-refractivity contribution < 1.29 is 14.3 Å². The molecule has 21 heavy (non-hydrogen) atoms. The van der Waals surface area contributed by atoms with Gasteiger partial charge in [-0.2, -0.15) is 0 Å². The number of ether oxygens (including phenoxy) is 2. The van der Waals surface area contributed by atoms with E-state index in [2.05, 4.69) is 0 Å². The third-order valence-electron chi connectivity index (χ3n) is 3.87. The summed E-state index contributed by atoms with van der Waals surface area (Å²) in [5.74, 6) is 0.599. The molecule has 5 nitrogen and oxygen atoms in total. The molecule has 1 saturated heterocycles. The van der Waals surface area contributed by atoms with Crippen molar-refractivity contribution in [2.24, 2.45) is 11.1 Å². The highest BCUT2D eigenvalue weighted by Gasteiger charge is 2.45. The minimum Gasteiger partial charge on any atom is -0.490 e. The molecular weight excluding hydrogens is 292 g/mol. The van der Waals surface area contributed by atoms with E-state index in [0.29, 0.717) is 37.1 Å². The number of para-hydroxylation sites is 1. The smallest absolute Gasteiger partial charge is 0.232 e. The molecule has 2 atom stereocenters. The van der Waals surface area contributed by atoms with Crippen molar-refractivity contribution in [3.8, 4) is 5.75 Å². The average Bonchev–Trinajstić information content (AvgIpc) is 2.81. The molecule has 0 bridgehead atoms. The lowest BCUT2D eigenvalue weighted by molar-refractivity contribution is -0.140. The molecule has 1 aromatic rings. The van der Waals surface area contributed by atoms with Crippen LogP contribution in [0.5, 0.6) is 5.75 Å². The van der Waals surface area contributed by atoms with Crippen LogP contribution < -0.4 is 10.5 Å². The van der Waals surface area contributed by atoms with Gasteiger partial charge in [-0.3, -0.25) is 4.79 Å². The number of carbonyl (C=O) groups is 1. The van der Waals surface area contributed by atoms with E-state index in [1.54, 1.807) is 24.1 Å². The number of hydrogen-bond donors (Lipinski definition) is 1. The third-order valence-corrected chi connectivity index (χ3v) is 4.19. The normalized spacial score (nSPS) is 24.9. The fraction of sp³-hybridized carbons (Fsp3) is 0.533. The number of benzene rings is 1. The van der Waals surface area contributed by atoms with Crippen molar-refractivity contribution in [3.05, 3.63) is 29.3 Å². The first-order chi connectivity index (χ1) is 9.95. The molecule has 1 aliphatic heterocycles. The minimum absolute atomic E-state index is 0.0183. The van der Waals surface area contributed by atoms with E-state index in [0.717, 1.165) is 0 Å². The van der Waals surface area contributed by atoms with E-state index in [4.69, 9.17) is 26.8 Å². The molecule has 116 valence electrons. The van der Waals surface area contributed by atoms with Gasteiger partial charge < -0.3 is 20.1 Å². The second kappa shape index (κ2) is 6.64. The van der Waals surface area contributed by atoms with Crippen molar-refractivity contribution in [2.75, 3.05) is 33.4 Å². The molecule has 6 heteroatoms. The maximum absolute atomic E-state index is 12.5. The largest absolute Gasteiger partial charge is 0.490 e. The van der Waals surface area contributed by atoms with E-state index in [9.17, 15) is 4.79 Å². The SMILES string of the molecule is CN(CCOc1ccccc1Cl)C(=O)C1(C)COCC1N. The van der Waals surface area contributed by atoms with E-state index >= 15 is 0 Å². The van der Waals surface area contributed by atoms with Crippen LogP contribution in [-0.4, -0.2) is 50.3 Å². The lowest BCUT2D eigenvalue weighted by Crippen LogP contribution is -2.51. The number of nitrogens with zero attached hydrogens (tertiary/aromatic N) is 1. The van der Waals surface area contributed by atoms with Crippen LogP contribution in [0.3, 0.4) is 0 Å². The zero-order valence-corrected chi connectivity index (χ0v) is 13.1. The lowest BCUT2D eigenvalue weighted by Gasteiger charge is -2.30. The second-order valence-corrected chi connectivity index (χ2v) is 5.95. The Kier molecular flexibility index (Phi) is 5.08. The number of hydrogen-bond acceptors (Lipinski definition) is 4. The van der Waals surface area contributed by atoms with Crippen LogP contribution in [0.1, 0.15) is 6.92 Å². The first kappa shape index (κ1) is 16.1. The van der Waals surface area contributed by atoms with Gasteiger partial charge in [-0.25, -0.2) is 0 Å². The summed E-state index contributed by atoms with van der Waals surface area (Å²) in [6.07, 6.45) is 0. The highest BCUT2D eigenvalue weighted by Crippen LogP contribution is 2.29. The Balaban J connectivity index is 1.86. The van der Waals surface area contributed by atoms with Gasteiger partial charge in [0.15, 0.2) is 0 Å². The van der Waals surface area contributed by atoms with Gasteiger partial charge in [0.1, 0.15) is 12.4 Å². The predicted molar refractivity (Wildman–Crippen MR) is 81.5 cm³/mol. The first-order valence-corrected chi connectivity index (χ1v) is 7.29. The summed E-state index contributed by atoms with van der Waals surface area (Å²) in [5, 5.41) is 0.560. The highest BCUT2D eigenvalue weighted by molar-refractivity contribution is 6.32. The monoisotopic (exact) mass is 312 g/mol. The highest BCUT2D eigenvalue weighted by atomic mass is 35.5. The summed E-state index contributed by atoms with van der Waals surface area (Å²) in [7, 11) is 1.74. The maximum Gasteiger partial charge on any atom is 0.232 e. The molecule has 0 aromatic heterocycles. The molecule has 1 amide bonds. The summed E-state index contributed by atoms with van der Waals surface area (Å²) in [6.45, 7) is 3.47. The number of nitrogens with two attached hydrogens (primary N) is 1. The Morgan fingerprint density at radius 1 is 1.57 bits per heavy atom. The molecule has 1 heterocycles. The first-order valence-electron chi connectivity index (χ1n) is 6.91. The van der Waals surface area contributed by atoms with Crippen LogP contribution in [-0.2, 0) is 9.53 Å². The molecule has 1 aliphatic rings. The standard InChI is InChI=1S/C15H21ClN2O3/c1-15(10-20-9-13(15)17)14(19)18(2)7-8-21-12-6-4-3-5-11(12)16/h3-6,13H,7-10,17H2,1-2H3. The number of amides is 1. The van der Waals surface area contributed by atoms with Crippen LogP contribution in [0.4, 0.5) is 0 Å². The molecule has 2 rings (SSSR count). The quantitative estimate of drug-likeness (QED) is 0.896. The Morgan fingerprint density at radius 3 is 2.90 bits per heavy atom. The minimum atomic E-state index is -0.654. The Morgan fingerprint density at radius 2 is 2.29 bits per heavy atom. The van der Waals surface area contributed by atoms with Gasteiger partial charge in [-0.1, -0.05) is 23.7 Å². The number of rotatable bonds is 5. The van der Waals surface area contributed by atoms with Gasteiger partial charge in [0.2, 0.25) is 5.91 Å². The van der Waals surface area contributed by atoms with Crippen LogP contribution in [0, 0.1) is 5.41 Å². The van der Waals surface area contributed by atoms with Crippen molar-refractivity contribution in [2.45, 2.75) is 13.0 Å². The molecule has 0 radical (unpaired) electrons. The zero-order valence-electron chi connectivity index (χ0n) is 12.3. The Hall–Kier alpha value is -1.30. The van der Waals surface area contributed by atoms with E-state index in [-0.39, 0.29) is 11.9 Å². The molecule has 2 unspecified atom stereocenters. The third kappa shape index (κ3) is 3.48. The van der Waals surface area contributed by atoms with Crippen molar-refractivity contribution in [1.82, 2.24) is 4.90 Å². The fourth-order valence-electron chi connectivity index (χ4n) is 2.30. The summed E-state index contributed by atoms with van der Waals surface area (Å²) in [4.78, 5) is 14.1. The van der Waals surface area contributed by atoms with Crippen molar-refractivity contribution in [3.63, 3.8) is 0 Å². The molecule has 1 fully saturated rings. The predicted octanol–water partition coefficient (Wildman–Crippen LogP) is 1.54. The van der Waals surface area contributed by atoms with Crippen molar-refractivity contribution >= 4 is 17.5 Å². The molecule has 0 spiro atoms. The van der Waals surface area contributed by atoms with Crippen LogP contribution in [0.25, 0.3) is 0 Å². The van der Waals surface area contributed by atoms with Gasteiger partial charge >= 0.3 is 0 Å². The lowest BCUT2D eigenvalue weighted by atomic mass is 9.84. The molecule has 2 N–H and O–H groups in total. The van der Waals surface area contributed by atoms with E-state index in [1.165, 1.54) is 0 Å². The molecule has 0 aliphatic carbocycles. The molecular formula is C15H21ClN2O3. The number of halogens is 1.